The van der Waals surface area contributed by atoms with Gasteiger partial charge in [0.2, 0.25) is 0 Å². The first-order valence-electron chi connectivity index (χ1n) is 8.99. The summed E-state index contributed by atoms with van der Waals surface area (Å²) in [6.45, 7) is -1.32. The Morgan fingerprint density at radius 3 is 2.29 bits per heavy atom. The Bertz CT molecular complexity index is 1080. The molecule has 0 atom stereocenters. The van der Waals surface area contributed by atoms with Crippen molar-refractivity contribution in [2.45, 2.75) is 19.6 Å². The van der Waals surface area contributed by atoms with Crippen LogP contribution in [0.4, 0.5) is 26.3 Å². The molecule has 0 aliphatic rings. The predicted octanol–water partition coefficient (Wildman–Crippen LogP) is 6.80. The van der Waals surface area contributed by atoms with Crippen LogP contribution in [-0.4, -0.2) is 13.2 Å². The van der Waals surface area contributed by atoms with Gasteiger partial charge in [0.05, 0.1) is 5.56 Å². The standard InChI is InChI=1S/C22H16F6O3/c1-2-3-10-29-15-6-4-14(5-7-15)22(27,28)31-16-8-9-17-13(11-16)12-18(23)20(19(17)24)30-21(25)26/h2-9,11-12,21H,10H2,1H3. The van der Waals surface area contributed by atoms with Crippen molar-refractivity contribution in [3.63, 3.8) is 0 Å². The van der Waals surface area contributed by atoms with Crippen LogP contribution < -0.4 is 14.2 Å². The summed E-state index contributed by atoms with van der Waals surface area (Å²) in [5.74, 6) is -4.02. The van der Waals surface area contributed by atoms with Gasteiger partial charge < -0.3 is 14.2 Å². The van der Waals surface area contributed by atoms with E-state index >= 15 is 0 Å². The van der Waals surface area contributed by atoms with Crippen molar-refractivity contribution >= 4 is 10.8 Å². The summed E-state index contributed by atoms with van der Waals surface area (Å²) in [6.07, 6.45) is -0.227. The minimum Gasteiger partial charge on any atom is -0.490 e. The van der Waals surface area contributed by atoms with E-state index in [4.69, 9.17) is 9.47 Å². The molecule has 0 saturated carbocycles. The molecule has 31 heavy (non-hydrogen) atoms. The van der Waals surface area contributed by atoms with Crippen LogP contribution in [0.3, 0.4) is 0 Å². The lowest BCUT2D eigenvalue weighted by Crippen LogP contribution is -2.21. The molecule has 3 nitrogen and oxygen atoms in total. The second-order valence-corrected chi connectivity index (χ2v) is 6.29. The molecule has 0 radical (unpaired) electrons. The van der Waals surface area contributed by atoms with Gasteiger partial charge in [-0.3, -0.25) is 0 Å². The molecule has 3 rings (SSSR count). The fraction of sp³-hybridized carbons (Fsp3) is 0.182. The largest absolute Gasteiger partial charge is 0.490 e. The molecule has 0 heterocycles. The molecule has 0 aliphatic heterocycles. The average molecular weight is 442 g/mol. The molecule has 0 bridgehead atoms. The molecular weight excluding hydrogens is 426 g/mol. The van der Waals surface area contributed by atoms with Gasteiger partial charge in [0.25, 0.3) is 0 Å². The Morgan fingerprint density at radius 1 is 0.968 bits per heavy atom. The molecule has 164 valence electrons. The van der Waals surface area contributed by atoms with E-state index in [9.17, 15) is 26.3 Å². The summed E-state index contributed by atoms with van der Waals surface area (Å²) < 4.78 is 95.8. The Hall–Kier alpha value is -3.36. The monoisotopic (exact) mass is 442 g/mol. The van der Waals surface area contributed by atoms with E-state index in [-0.39, 0.29) is 23.1 Å². The van der Waals surface area contributed by atoms with Crippen molar-refractivity contribution in [1.29, 1.82) is 0 Å². The average Bonchev–Trinajstić information content (AvgIpc) is 2.71. The number of rotatable bonds is 8. The summed E-state index contributed by atoms with van der Waals surface area (Å²) in [7, 11) is 0. The normalized spacial score (nSPS) is 12.0. The van der Waals surface area contributed by atoms with Crippen LogP contribution in [0.1, 0.15) is 12.5 Å². The van der Waals surface area contributed by atoms with Gasteiger partial charge in [-0.15, -0.1) is 0 Å². The zero-order chi connectivity index (χ0) is 22.6. The van der Waals surface area contributed by atoms with Gasteiger partial charge in [-0.25, -0.2) is 8.78 Å². The Kier molecular flexibility index (Phi) is 6.62. The summed E-state index contributed by atoms with van der Waals surface area (Å²) in [5, 5.41) is -0.465. The number of allylic oxidation sites excluding steroid dienone is 1. The SMILES string of the molecule is CC=CCOc1ccc(C(F)(F)Oc2ccc3c(F)c(OC(F)F)c(F)cc3c2)cc1. The smallest absolute Gasteiger partial charge is 0.426 e. The van der Waals surface area contributed by atoms with E-state index in [1.807, 2.05) is 6.92 Å². The lowest BCUT2D eigenvalue weighted by atomic mass is 10.1. The third-order valence-electron chi connectivity index (χ3n) is 4.18. The van der Waals surface area contributed by atoms with Crippen LogP contribution in [0.25, 0.3) is 10.8 Å². The van der Waals surface area contributed by atoms with E-state index in [0.717, 1.165) is 30.3 Å². The number of benzene rings is 3. The van der Waals surface area contributed by atoms with Crippen LogP contribution >= 0.6 is 0 Å². The third-order valence-corrected chi connectivity index (χ3v) is 4.18. The Balaban J connectivity index is 1.83. The molecule has 9 heteroatoms. The minimum absolute atomic E-state index is 0.169. The number of fused-ring (bicyclic) bond motifs is 1. The topological polar surface area (TPSA) is 27.7 Å². The molecule has 3 aromatic rings. The molecule has 0 aliphatic carbocycles. The highest BCUT2D eigenvalue weighted by Crippen LogP contribution is 2.36. The zero-order valence-electron chi connectivity index (χ0n) is 16.1. The highest BCUT2D eigenvalue weighted by Gasteiger charge is 2.34. The molecule has 0 unspecified atom stereocenters. The van der Waals surface area contributed by atoms with Crippen molar-refractivity contribution in [2.24, 2.45) is 0 Å². The Morgan fingerprint density at radius 2 is 1.65 bits per heavy atom. The minimum atomic E-state index is -3.76. The maximum Gasteiger partial charge on any atom is 0.426 e. The predicted molar refractivity (Wildman–Crippen MR) is 102 cm³/mol. The molecule has 0 aromatic heterocycles. The number of hydrogen-bond acceptors (Lipinski definition) is 3. The van der Waals surface area contributed by atoms with Crippen molar-refractivity contribution < 1.29 is 40.6 Å². The lowest BCUT2D eigenvalue weighted by molar-refractivity contribution is -0.185. The van der Waals surface area contributed by atoms with Crippen LogP contribution in [0.5, 0.6) is 17.2 Å². The first-order valence-corrected chi connectivity index (χ1v) is 8.99. The first kappa shape index (κ1) is 22.3. The fourth-order valence-corrected chi connectivity index (χ4v) is 2.74. The summed E-state index contributed by atoms with van der Waals surface area (Å²) in [4.78, 5) is 0. The first-order chi connectivity index (χ1) is 14.7. The second-order valence-electron chi connectivity index (χ2n) is 6.29. The van der Waals surface area contributed by atoms with Crippen LogP contribution in [0.2, 0.25) is 0 Å². The van der Waals surface area contributed by atoms with E-state index in [1.54, 1.807) is 12.2 Å². The van der Waals surface area contributed by atoms with Gasteiger partial charge in [-0.1, -0.05) is 12.2 Å². The maximum absolute atomic E-state index is 14.5. The fourth-order valence-electron chi connectivity index (χ4n) is 2.74. The van der Waals surface area contributed by atoms with E-state index in [1.165, 1.54) is 12.1 Å². The molecule has 0 spiro atoms. The summed E-state index contributed by atoms with van der Waals surface area (Å²) >= 11 is 0. The van der Waals surface area contributed by atoms with E-state index < -0.39 is 35.7 Å². The van der Waals surface area contributed by atoms with Crippen molar-refractivity contribution in [3.05, 3.63) is 77.9 Å². The van der Waals surface area contributed by atoms with E-state index in [0.29, 0.717) is 11.8 Å². The molecule has 0 amide bonds. The third kappa shape index (κ3) is 5.22. The van der Waals surface area contributed by atoms with Crippen LogP contribution in [0.15, 0.2) is 60.7 Å². The number of alkyl halides is 4. The van der Waals surface area contributed by atoms with Gasteiger partial charge in [-0.05, 0) is 60.8 Å². The highest BCUT2D eigenvalue weighted by molar-refractivity contribution is 5.86. The van der Waals surface area contributed by atoms with Gasteiger partial charge >= 0.3 is 12.7 Å². The maximum atomic E-state index is 14.5. The number of hydrogen-bond donors (Lipinski definition) is 0. The van der Waals surface area contributed by atoms with E-state index in [2.05, 4.69) is 4.74 Å². The number of ether oxygens (including phenoxy) is 3. The molecule has 0 N–H and O–H groups in total. The highest BCUT2D eigenvalue weighted by atomic mass is 19.3. The van der Waals surface area contributed by atoms with Gasteiger partial charge in [-0.2, -0.15) is 17.6 Å². The summed E-state index contributed by atoms with van der Waals surface area (Å²) in [6, 6.07) is 8.63. The van der Waals surface area contributed by atoms with Gasteiger partial charge in [0, 0.05) is 5.39 Å². The van der Waals surface area contributed by atoms with Gasteiger partial charge in [0.1, 0.15) is 18.1 Å². The lowest BCUT2D eigenvalue weighted by Gasteiger charge is -2.19. The molecule has 0 fully saturated rings. The van der Waals surface area contributed by atoms with Crippen LogP contribution in [-0.2, 0) is 6.11 Å². The van der Waals surface area contributed by atoms with Crippen molar-refractivity contribution in [1.82, 2.24) is 0 Å². The second kappa shape index (κ2) is 9.20. The molecular formula is C22H16F6O3. The molecule has 0 saturated heterocycles. The number of halogens is 6. The molecule has 3 aromatic carbocycles. The Labute approximate surface area is 173 Å². The van der Waals surface area contributed by atoms with Gasteiger partial charge in [0.15, 0.2) is 17.4 Å². The quantitative estimate of drug-likeness (QED) is 0.284. The van der Waals surface area contributed by atoms with Crippen molar-refractivity contribution in [3.8, 4) is 17.2 Å². The van der Waals surface area contributed by atoms with Crippen molar-refractivity contribution in [2.75, 3.05) is 6.61 Å². The zero-order valence-corrected chi connectivity index (χ0v) is 16.1. The summed E-state index contributed by atoms with van der Waals surface area (Å²) in [5.41, 5.74) is -0.468. The van der Waals surface area contributed by atoms with Crippen LogP contribution in [0, 0.1) is 11.6 Å².